The first-order chi connectivity index (χ1) is 14.0. The molecule has 0 amide bonds. The SMILES string of the molecule is CC(C)(C)c1cc(CC(C)(C)c2cncc(CC(C)(C)c3ccncc3)c2)ccn1. The summed E-state index contributed by atoms with van der Waals surface area (Å²) < 4.78 is 0. The third-order valence-electron chi connectivity index (χ3n) is 5.92. The van der Waals surface area contributed by atoms with E-state index < -0.39 is 0 Å². The first-order valence-electron chi connectivity index (χ1n) is 10.8. The molecule has 0 saturated carbocycles. The molecule has 0 N–H and O–H groups in total. The van der Waals surface area contributed by atoms with E-state index in [1.807, 2.05) is 31.0 Å². The average Bonchev–Trinajstić information content (AvgIpc) is 2.68. The van der Waals surface area contributed by atoms with Gasteiger partial charge in [-0.3, -0.25) is 15.0 Å². The van der Waals surface area contributed by atoms with Crippen LogP contribution in [0.4, 0.5) is 0 Å². The van der Waals surface area contributed by atoms with E-state index in [2.05, 4.69) is 93.7 Å². The molecule has 3 rings (SSSR count). The summed E-state index contributed by atoms with van der Waals surface area (Å²) in [5, 5.41) is 0. The summed E-state index contributed by atoms with van der Waals surface area (Å²) >= 11 is 0. The first kappa shape index (κ1) is 22.1. The highest BCUT2D eigenvalue weighted by Crippen LogP contribution is 2.32. The van der Waals surface area contributed by atoms with Crippen LogP contribution in [0.2, 0.25) is 0 Å². The van der Waals surface area contributed by atoms with Crippen LogP contribution >= 0.6 is 0 Å². The number of pyridine rings is 3. The molecule has 30 heavy (non-hydrogen) atoms. The van der Waals surface area contributed by atoms with Crippen molar-refractivity contribution in [3.05, 3.63) is 89.3 Å². The van der Waals surface area contributed by atoms with Crippen LogP contribution in [0.15, 0.2) is 61.3 Å². The molecule has 0 spiro atoms. The molecule has 0 unspecified atom stereocenters. The Kier molecular flexibility index (Phi) is 6.12. The lowest BCUT2D eigenvalue weighted by Crippen LogP contribution is -2.24. The Morgan fingerprint density at radius 3 is 1.93 bits per heavy atom. The highest BCUT2D eigenvalue weighted by Gasteiger charge is 2.25. The van der Waals surface area contributed by atoms with Gasteiger partial charge in [0.25, 0.3) is 0 Å². The van der Waals surface area contributed by atoms with Crippen molar-refractivity contribution < 1.29 is 0 Å². The van der Waals surface area contributed by atoms with Gasteiger partial charge in [0.1, 0.15) is 0 Å². The van der Waals surface area contributed by atoms with Crippen LogP contribution in [0.3, 0.4) is 0 Å². The summed E-state index contributed by atoms with van der Waals surface area (Å²) in [6, 6.07) is 10.9. The molecule has 0 fully saturated rings. The number of hydrogen-bond donors (Lipinski definition) is 0. The van der Waals surface area contributed by atoms with Gasteiger partial charge in [0, 0.05) is 42.1 Å². The van der Waals surface area contributed by atoms with Crippen molar-refractivity contribution in [1.29, 1.82) is 0 Å². The van der Waals surface area contributed by atoms with E-state index in [4.69, 9.17) is 0 Å². The van der Waals surface area contributed by atoms with Crippen LogP contribution in [0.5, 0.6) is 0 Å². The molecule has 3 heteroatoms. The van der Waals surface area contributed by atoms with E-state index in [1.54, 1.807) is 0 Å². The van der Waals surface area contributed by atoms with Crippen LogP contribution in [-0.4, -0.2) is 15.0 Å². The van der Waals surface area contributed by atoms with E-state index in [9.17, 15) is 0 Å². The summed E-state index contributed by atoms with van der Waals surface area (Å²) in [6.45, 7) is 15.8. The number of nitrogens with zero attached hydrogens (tertiary/aromatic N) is 3. The Morgan fingerprint density at radius 2 is 1.27 bits per heavy atom. The Morgan fingerprint density at radius 1 is 0.633 bits per heavy atom. The second kappa shape index (κ2) is 8.29. The summed E-state index contributed by atoms with van der Waals surface area (Å²) in [5.74, 6) is 0. The second-order valence-corrected chi connectivity index (χ2v) is 10.7. The maximum absolute atomic E-state index is 4.60. The molecule has 0 atom stereocenters. The lowest BCUT2D eigenvalue weighted by atomic mass is 9.76. The van der Waals surface area contributed by atoms with Gasteiger partial charge in [0.15, 0.2) is 0 Å². The zero-order valence-corrected chi connectivity index (χ0v) is 19.5. The van der Waals surface area contributed by atoms with E-state index in [0.29, 0.717) is 0 Å². The van der Waals surface area contributed by atoms with Gasteiger partial charge in [-0.25, -0.2) is 0 Å². The Bertz CT molecular complexity index is 982. The van der Waals surface area contributed by atoms with Crippen molar-refractivity contribution >= 4 is 0 Å². The minimum absolute atomic E-state index is 0.0136. The molecular formula is C27H35N3. The number of aromatic nitrogens is 3. The van der Waals surface area contributed by atoms with E-state index in [-0.39, 0.29) is 16.2 Å². The Labute approximate surface area is 182 Å². The van der Waals surface area contributed by atoms with Gasteiger partial charge in [-0.2, -0.15) is 0 Å². The zero-order valence-electron chi connectivity index (χ0n) is 19.5. The van der Waals surface area contributed by atoms with Gasteiger partial charge >= 0.3 is 0 Å². The van der Waals surface area contributed by atoms with Crippen LogP contribution < -0.4 is 0 Å². The van der Waals surface area contributed by atoms with Crippen molar-refractivity contribution in [2.24, 2.45) is 0 Å². The molecule has 0 aliphatic carbocycles. The molecule has 0 aliphatic rings. The molecule has 3 nitrogen and oxygen atoms in total. The predicted molar refractivity (Wildman–Crippen MR) is 125 cm³/mol. The molecular weight excluding hydrogens is 366 g/mol. The molecule has 3 aromatic heterocycles. The van der Waals surface area contributed by atoms with Gasteiger partial charge in [-0.1, -0.05) is 54.5 Å². The standard InChI is InChI=1S/C27H35N3/c1-25(2,3)24-15-20(8-13-30-24)16-27(6,7)23-14-21(18-29-19-23)17-26(4,5)22-9-11-28-12-10-22/h8-15,18-19H,16-17H2,1-7H3. The highest BCUT2D eigenvalue weighted by molar-refractivity contribution is 5.32. The smallest absolute Gasteiger partial charge is 0.0459 e. The van der Waals surface area contributed by atoms with E-state index in [0.717, 1.165) is 18.5 Å². The van der Waals surface area contributed by atoms with Gasteiger partial charge in [0.05, 0.1) is 0 Å². The Balaban J connectivity index is 1.82. The molecule has 3 aromatic rings. The van der Waals surface area contributed by atoms with Crippen molar-refractivity contribution in [2.75, 3.05) is 0 Å². The van der Waals surface area contributed by atoms with Crippen LogP contribution in [0.25, 0.3) is 0 Å². The third-order valence-corrected chi connectivity index (χ3v) is 5.92. The third kappa shape index (κ3) is 5.33. The van der Waals surface area contributed by atoms with E-state index >= 15 is 0 Å². The zero-order chi connectivity index (χ0) is 22.0. The fourth-order valence-corrected chi connectivity index (χ4v) is 3.98. The number of hydrogen-bond acceptors (Lipinski definition) is 3. The molecule has 158 valence electrons. The number of rotatable bonds is 6. The highest BCUT2D eigenvalue weighted by atomic mass is 14.7. The summed E-state index contributed by atoms with van der Waals surface area (Å²) in [7, 11) is 0. The van der Waals surface area contributed by atoms with Crippen LogP contribution in [-0.2, 0) is 29.1 Å². The van der Waals surface area contributed by atoms with Gasteiger partial charge in [-0.15, -0.1) is 0 Å². The summed E-state index contributed by atoms with van der Waals surface area (Å²) in [4.78, 5) is 13.3. The average molecular weight is 402 g/mol. The minimum Gasteiger partial charge on any atom is -0.265 e. The van der Waals surface area contributed by atoms with Crippen LogP contribution in [0, 0.1) is 0 Å². The van der Waals surface area contributed by atoms with Crippen molar-refractivity contribution in [1.82, 2.24) is 15.0 Å². The molecule has 0 aromatic carbocycles. The maximum Gasteiger partial charge on any atom is 0.0459 e. The van der Waals surface area contributed by atoms with E-state index in [1.165, 1.54) is 22.3 Å². The van der Waals surface area contributed by atoms with Crippen molar-refractivity contribution in [2.45, 2.75) is 77.6 Å². The Hall–Kier alpha value is -2.55. The monoisotopic (exact) mass is 401 g/mol. The van der Waals surface area contributed by atoms with Gasteiger partial charge in [0.2, 0.25) is 0 Å². The molecule has 3 heterocycles. The largest absolute Gasteiger partial charge is 0.265 e. The quantitative estimate of drug-likeness (QED) is 0.493. The summed E-state index contributed by atoms with van der Waals surface area (Å²) in [6.07, 6.45) is 11.6. The topological polar surface area (TPSA) is 38.7 Å². The first-order valence-corrected chi connectivity index (χ1v) is 10.8. The molecule has 0 radical (unpaired) electrons. The predicted octanol–water partition coefficient (Wildman–Crippen LogP) is 6.21. The van der Waals surface area contributed by atoms with Crippen LogP contribution in [0.1, 0.15) is 76.4 Å². The van der Waals surface area contributed by atoms with Crippen molar-refractivity contribution in [3.8, 4) is 0 Å². The summed E-state index contributed by atoms with van der Waals surface area (Å²) in [5.41, 5.74) is 6.38. The maximum atomic E-state index is 4.60. The lowest BCUT2D eigenvalue weighted by molar-refractivity contribution is 0.505. The second-order valence-electron chi connectivity index (χ2n) is 10.7. The minimum atomic E-state index is -0.0136. The van der Waals surface area contributed by atoms with Gasteiger partial charge in [-0.05, 0) is 70.2 Å². The lowest BCUT2D eigenvalue weighted by Gasteiger charge is -2.28. The molecule has 0 bridgehead atoms. The molecule has 0 aliphatic heterocycles. The fraction of sp³-hybridized carbons (Fsp3) is 0.444. The fourth-order valence-electron chi connectivity index (χ4n) is 3.98. The van der Waals surface area contributed by atoms with Gasteiger partial charge < -0.3 is 0 Å². The van der Waals surface area contributed by atoms with Crippen molar-refractivity contribution in [3.63, 3.8) is 0 Å². The molecule has 0 saturated heterocycles. The normalized spacial score (nSPS) is 12.8.